The first-order chi connectivity index (χ1) is 19.4. The van der Waals surface area contributed by atoms with Crippen LogP contribution in [-0.2, 0) is 6.42 Å². The van der Waals surface area contributed by atoms with Gasteiger partial charge in [-0.3, -0.25) is 5.41 Å². The maximum atomic E-state index is 14.8. The Balaban J connectivity index is 1.26. The number of anilines is 2. The van der Waals surface area contributed by atoms with E-state index in [1.54, 1.807) is 12.4 Å². The summed E-state index contributed by atoms with van der Waals surface area (Å²) < 4.78 is 29.6. The molecule has 10 heteroatoms. The van der Waals surface area contributed by atoms with Crippen LogP contribution in [0, 0.1) is 17.0 Å². The zero-order valence-corrected chi connectivity index (χ0v) is 22.4. The van der Waals surface area contributed by atoms with Gasteiger partial charge in [0.25, 0.3) is 0 Å². The third-order valence-electron chi connectivity index (χ3n) is 7.37. The number of benzene rings is 2. The Morgan fingerprint density at radius 1 is 1.07 bits per heavy atom. The Labute approximate surface area is 235 Å². The lowest BCUT2D eigenvalue weighted by Crippen LogP contribution is -2.33. The fourth-order valence-corrected chi connectivity index (χ4v) is 5.39. The molecule has 1 unspecified atom stereocenters. The van der Waals surface area contributed by atoms with Gasteiger partial charge in [0.2, 0.25) is 5.95 Å². The van der Waals surface area contributed by atoms with E-state index in [0.717, 1.165) is 36.3 Å². The molecule has 2 aromatic carbocycles. The van der Waals surface area contributed by atoms with Crippen LogP contribution in [0.3, 0.4) is 0 Å². The first kappa shape index (κ1) is 26.0. The van der Waals surface area contributed by atoms with Crippen molar-refractivity contribution in [2.75, 3.05) is 25.5 Å². The van der Waals surface area contributed by atoms with Crippen molar-refractivity contribution >= 4 is 45.4 Å². The third kappa shape index (κ3) is 4.94. The SMILES string of the molecule is CNC1CCN(C(=N)c2ccc(Nc3ncc4c(n3)C3=CN=C(Cl)C=C(c5c(F)cccc5F)C3=CC4)cc2)C1. The smallest absolute Gasteiger partial charge is 0.227 e. The van der Waals surface area contributed by atoms with Gasteiger partial charge in [-0.25, -0.2) is 23.7 Å². The number of likely N-dealkylation sites (N-methyl/N-ethyl adjacent to an activating group) is 1. The number of amidine groups is 1. The molecule has 0 bridgehead atoms. The highest BCUT2D eigenvalue weighted by atomic mass is 35.5. The number of aliphatic imine (C=N–C) groups is 1. The lowest BCUT2D eigenvalue weighted by molar-refractivity contribution is 0.491. The molecule has 2 aliphatic heterocycles. The normalized spacial score (nSPS) is 18.1. The molecule has 7 nitrogen and oxygen atoms in total. The van der Waals surface area contributed by atoms with Crippen LogP contribution in [0.4, 0.5) is 20.4 Å². The van der Waals surface area contributed by atoms with Gasteiger partial charge in [-0.05, 0) is 73.5 Å². The second-order valence-corrected chi connectivity index (χ2v) is 10.2. The number of nitrogens with zero attached hydrogens (tertiary/aromatic N) is 4. The molecule has 0 amide bonds. The van der Waals surface area contributed by atoms with E-state index >= 15 is 0 Å². The minimum absolute atomic E-state index is 0.107. The zero-order chi connectivity index (χ0) is 27.8. The van der Waals surface area contributed by atoms with Crippen LogP contribution in [0.5, 0.6) is 0 Å². The third-order valence-corrected chi connectivity index (χ3v) is 7.57. The molecule has 6 rings (SSSR count). The molecule has 0 spiro atoms. The van der Waals surface area contributed by atoms with E-state index < -0.39 is 11.6 Å². The van der Waals surface area contributed by atoms with Gasteiger partial charge in [0.05, 0.1) is 11.3 Å². The van der Waals surface area contributed by atoms with E-state index in [2.05, 4.69) is 25.5 Å². The molecule has 0 saturated carbocycles. The molecule has 1 saturated heterocycles. The van der Waals surface area contributed by atoms with Gasteiger partial charge in [-0.1, -0.05) is 23.7 Å². The Morgan fingerprint density at radius 3 is 2.58 bits per heavy atom. The highest BCUT2D eigenvalue weighted by molar-refractivity contribution is 6.69. The monoisotopic (exact) mass is 557 g/mol. The van der Waals surface area contributed by atoms with Gasteiger partial charge in [0, 0.05) is 53.9 Å². The average Bonchev–Trinajstić information content (AvgIpc) is 3.38. The van der Waals surface area contributed by atoms with Crippen molar-refractivity contribution in [3.05, 3.63) is 107 Å². The maximum Gasteiger partial charge on any atom is 0.227 e. The van der Waals surface area contributed by atoms with Crippen LogP contribution in [0.2, 0.25) is 0 Å². The molecule has 1 aliphatic carbocycles. The standard InChI is InChI=1S/C30H26ClF2N7/c1-35-20-11-12-40(16-20)29(34)17-5-8-19(9-6-17)38-30-37-14-18-7-10-21-22(27-24(32)3-2-4-25(27)33)13-26(31)36-15-23(21)28(18)39-30/h2-6,8-10,13-15,20,34-35H,7,11-12,16H2,1H3,(H,37,38,39). The van der Waals surface area contributed by atoms with E-state index in [1.807, 2.05) is 37.4 Å². The molecular weight excluding hydrogens is 532 g/mol. The molecule has 3 aromatic rings. The number of nitrogens with one attached hydrogen (secondary N) is 3. The number of hydrogen-bond donors (Lipinski definition) is 3. The summed E-state index contributed by atoms with van der Waals surface area (Å²) in [5.74, 6) is -0.501. The molecule has 0 radical (unpaired) electrons. The van der Waals surface area contributed by atoms with Crippen molar-refractivity contribution in [2.45, 2.75) is 18.9 Å². The Kier molecular flexibility index (Phi) is 7.00. The van der Waals surface area contributed by atoms with Gasteiger partial charge in [-0.15, -0.1) is 0 Å². The fraction of sp³-hybridized carbons (Fsp3) is 0.200. The van der Waals surface area contributed by atoms with Crippen LogP contribution in [0.15, 0.2) is 77.6 Å². The highest BCUT2D eigenvalue weighted by Crippen LogP contribution is 2.41. The molecular formula is C30H26ClF2N7. The van der Waals surface area contributed by atoms with Gasteiger partial charge in [0.1, 0.15) is 22.6 Å². The highest BCUT2D eigenvalue weighted by Gasteiger charge is 2.28. The molecule has 3 aliphatic rings. The van der Waals surface area contributed by atoms with Crippen molar-refractivity contribution in [3.63, 3.8) is 0 Å². The van der Waals surface area contributed by atoms with Gasteiger partial charge >= 0.3 is 0 Å². The number of allylic oxidation sites excluding steroid dienone is 5. The van der Waals surface area contributed by atoms with Crippen LogP contribution in [0.1, 0.15) is 28.8 Å². The van der Waals surface area contributed by atoms with Crippen LogP contribution in [0.25, 0.3) is 11.1 Å². The molecule has 1 fully saturated rings. The second kappa shape index (κ2) is 10.7. The van der Waals surface area contributed by atoms with Crippen molar-refractivity contribution in [3.8, 4) is 0 Å². The number of hydrogen-bond acceptors (Lipinski definition) is 6. The first-order valence-electron chi connectivity index (χ1n) is 13.0. The summed E-state index contributed by atoms with van der Waals surface area (Å²) in [5, 5.41) is 15.2. The maximum absolute atomic E-state index is 14.8. The topological polar surface area (TPSA) is 89.3 Å². The summed E-state index contributed by atoms with van der Waals surface area (Å²) in [6.45, 7) is 1.68. The summed E-state index contributed by atoms with van der Waals surface area (Å²) in [6.07, 6.45) is 8.17. The number of rotatable bonds is 5. The van der Waals surface area contributed by atoms with E-state index in [1.165, 1.54) is 24.3 Å². The van der Waals surface area contributed by atoms with Crippen molar-refractivity contribution < 1.29 is 8.78 Å². The zero-order valence-electron chi connectivity index (χ0n) is 21.7. The minimum Gasteiger partial charge on any atom is -0.355 e. The minimum atomic E-state index is -0.684. The van der Waals surface area contributed by atoms with E-state index in [4.69, 9.17) is 22.0 Å². The molecule has 1 atom stereocenters. The van der Waals surface area contributed by atoms with Gasteiger partial charge < -0.3 is 15.5 Å². The second-order valence-electron chi connectivity index (χ2n) is 9.81. The lowest BCUT2D eigenvalue weighted by Gasteiger charge is -2.22. The number of aromatic nitrogens is 2. The lowest BCUT2D eigenvalue weighted by atomic mass is 9.84. The summed E-state index contributed by atoms with van der Waals surface area (Å²) >= 11 is 6.28. The largest absolute Gasteiger partial charge is 0.355 e. The Bertz CT molecular complexity index is 1610. The molecule has 1 aromatic heterocycles. The number of likely N-dealkylation sites (tertiary alicyclic amines) is 1. The molecule has 40 heavy (non-hydrogen) atoms. The van der Waals surface area contributed by atoms with E-state index in [0.29, 0.717) is 46.7 Å². The van der Waals surface area contributed by atoms with Crippen LogP contribution < -0.4 is 10.6 Å². The fourth-order valence-electron chi connectivity index (χ4n) is 5.23. The van der Waals surface area contributed by atoms with Crippen molar-refractivity contribution in [2.24, 2.45) is 4.99 Å². The van der Waals surface area contributed by atoms with Crippen LogP contribution in [-0.4, -0.2) is 52.1 Å². The Hall–Kier alpha value is -4.21. The number of fused-ring (bicyclic) bond motifs is 3. The summed E-state index contributed by atoms with van der Waals surface area (Å²) in [6, 6.07) is 11.8. The number of halogens is 3. The van der Waals surface area contributed by atoms with Crippen molar-refractivity contribution in [1.29, 1.82) is 5.41 Å². The summed E-state index contributed by atoms with van der Waals surface area (Å²) in [5.41, 5.74) is 4.42. The van der Waals surface area contributed by atoms with Crippen molar-refractivity contribution in [1.82, 2.24) is 20.2 Å². The quantitative estimate of drug-likeness (QED) is 0.278. The predicted molar refractivity (Wildman–Crippen MR) is 155 cm³/mol. The average molecular weight is 558 g/mol. The Morgan fingerprint density at radius 2 is 1.85 bits per heavy atom. The van der Waals surface area contributed by atoms with E-state index in [9.17, 15) is 8.78 Å². The van der Waals surface area contributed by atoms with Gasteiger partial charge in [0.15, 0.2) is 0 Å². The first-order valence-corrected chi connectivity index (χ1v) is 13.3. The molecule has 202 valence electrons. The van der Waals surface area contributed by atoms with E-state index in [-0.39, 0.29) is 10.7 Å². The molecule has 3 N–H and O–H groups in total. The van der Waals surface area contributed by atoms with Gasteiger partial charge in [-0.2, -0.15) is 0 Å². The van der Waals surface area contributed by atoms with Crippen LogP contribution >= 0.6 is 11.6 Å². The summed E-state index contributed by atoms with van der Waals surface area (Å²) in [4.78, 5) is 15.6. The predicted octanol–water partition coefficient (Wildman–Crippen LogP) is 5.68. The molecule has 3 heterocycles. The summed E-state index contributed by atoms with van der Waals surface area (Å²) in [7, 11) is 1.95.